The lowest BCUT2D eigenvalue weighted by atomic mass is 9.91. The van der Waals surface area contributed by atoms with E-state index < -0.39 is 0 Å². The van der Waals surface area contributed by atoms with Crippen molar-refractivity contribution < 1.29 is 0 Å². The molecule has 0 spiro atoms. The molecule has 0 aliphatic rings. The van der Waals surface area contributed by atoms with Gasteiger partial charge < -0.3 is 0 Å². The van der Waals surface area contributed by atoms with Crippen LogP contribution >= 0.6 is 11.6 Å². The van der Waals surface area contributed by atoms with Crippen LogP contribution in [0.5, 0.6) is 0 Å². The molecular formula is C24H23ClN2. The molecule has 2 heterocycles. The molecule has 4 aromatic rings. The lowest BCUT2D eigenvalue weighted by molar-refractivity contribution is 1.04. The number of benzene rings is 2. The third-order valence-corrected chi connectivity index (χ3v) is 5.48. The largest absolute Gasteiger partial charge is 0.245 e. The van der Waals surface area contributed by atoms with Crippen molar-refractivity contribution in [2.75, 3.05) is 0 Å². The minimum absolute atomic E-state index is 0.498. The Hall–Kier alpha value is -2.45. The number of nitrogens with zero attached hydrogens (tertiary/aromatic N) is 2. The molecule has 0 aliphatic heterocycles. The predicted octanol–water partition coefficient (Wildman–Crippen LogP) is 6.79. The summed E-state index contributed by atoms with van der Waals surface area (Å²) < 4.78 is 0. The molecule has 136 valence electrons. The van der Waals surface area contributed by atoms with Crippen LogP contribution in [0.3, 0.4) is 0 Å². The Morgan fingerprint density at radius 3 is 1.85 bits per heavy atom. The van der Waals surface area contributed by atoms with E-state index in [2.05, 4.69) is 62.2 Å². The smallest absolute Gasteiger partial charge is 0.129 e. The van der Waals surface area contributed by atoms with Gasteiger partial charge >= 0.3 is 0 Å². The Morgan fingerprint density at radius 2 is 1.26 bits per heavy atom. The molecule has 0 radical (unpaired) electrons. The molecule has 2 aromatic carbocycles. The Morgan fingerprint density at radius 1 is 0.704 bits per heavy atom. The van der Waals surface area contributed by atoms with Gasteiger partial charge in [-0.05, 0) is 54.2 Å². The van der Waals surface area contributed by atoms with Gasteiger partial charge in [-0.3, -0.25) is 0 Å². The van der Waals surface area contributed by atoms with E-state index in [9.17, 15) is 0 Å². The molecule has 0 aliphatic carbocycles. The molecule has 2 aromatic heterocycles. The van der Waals surface area contributed by atoms with Crippen LogP contribution in [0.2, 0.25) is 5.15 Å². The zero-order chi connectivity index (χ0) is 19.0. The van der Waals surface area contributed by atoms with Crippen LogP contribution in [0.1, 0.15) is 37.5 Å². The summed E-state index contributed by atoms with van der Waals surface area (Å²) in [6.07, 6.45) is 3.05. The maximum absolute atomic E-state index is 6.17. The fourth-order valence-corrected chi connectivity index (χ4v) is 3.96. The van der Waals surface area contributed by atoms with Gasteiger partial charge in [-0.15, -0.1) is 0 Å². The number of aromatic nitrogens is 2. The second kappa shape index (κ2) is 7.28. The number of halogens is 1. The first-order valence-corrected chi connectivity index (χ1v) is 10.0. The van der Waals surface area contributed by atoms with Gasteiger partial charge in [0.1, 0.15) is 5.15 Å². The van der Waals surface area contributed by atoms with Gasteiger partial charge in [0.15, 0.2) is 0 Å². The van der Waals surface area contributed by atoms with E-state index >= 15 is 0 Å². The van der Waals surface area contributed by atoms with Crippen molar-refractivity contribution in [2.24, 2.45) is 0 Å². The minimum atomic E-state index is 0.498. The number of fused-ring (bicyclic) bond motifs is 3. The van der Waals surface area contributed by atoms with Crippen LogP contribution in [0.4, 0.5) is 0 Å². The van der Waals surface area contributed by atoms with E-state index in [1.54, 1.807) is 0 Å². The quantitative estimate of drug-likeness (QED) is 0.290. The topological polar surface area (TPSA) is 25.8 Å². The van der Waals surface area contributed by atoms with Gasteiger partial charge in [0.2, 0.25) is 0 Å². The third-order valence-electron chi connectivity index (χ3n) is 5.27. The summed E-state index contributed by atoms with van der Waals surface area (Å²) in [5, 5.41) is 2.64. The summed E-state index contributed by atoms with van der Waals surface area (Å²) >= 11 is 6.17. The van der Waals surface area contributed by atoms with Crippen molar-refractivity contribution in [3.8, 4) is 11.3 Å². The van der Waals surface area contributed by atoms with Crippen LogP contribution in [-0.2, 0) is 19.3 Å². The van der Waals surface area contributed by atoms with E-state index in [1.165, 1.54) is 22.3 Å². The maximum atomic E-state index is 6.17. The lowest BCUT2D eigenvalue weighted by Gasteiger charge is -2.16. The third kappa shape index (κ3) is 3.19. The summed E-state index contributed by atoms with van der Waals surface area (Å²) in [6.45, 7) is 6.65. The first-order chi connectivity index (χ1) is 13.1. The molecule has 0 N–H and O–H groups in total. The number of rotatable bonds is 4. The first-order valence-electron chi connectivity index (χ1n) is 9.65. The van der Waals surface area contributed by atoms with Crippen LogP contribution < -0.4 is 0 Å². The van der Waals surface area contributed by atoms with E-state index in [0.29, 0.717) is 5.15 Å². The maximum Gasteiger partial charge on any atom is 0.129 e. The normalized spacial score (nSPS) is 11.4. The molecule has 3 heteroatoms. The molecule has 0 atom stereocenters. The Balaban J connectivity index is 2.02. The van der Waals surface area contributed by atoms with Crippen molar-refractivity contribution in [3.63, 3.8) is 0 Å². The van der Waals surface area contributed by atoms with E-state index in [0.717, 1.165) is 46.8 Å². The van der Waals surface area contributed by atoms with Crippen molar-refractivity contribution >= 4 is 33.4 Å². The zero-order valence-corrected chi connectivity index (χ0v) is 16.8. The number of aryl methyl sites for hydroxylation is 3. The Labute approximate surface area is 165 Å². The Bertz CT molecular complexity index is 1120. The highest BCUT2D eigenvalue weighted by Gasteiger charge is 2.14. The van der Waals surface area contributed by atoms with Crippen molar-refractivity contribution in [2.45, 2.75) is 40.0 Å². The fraction of sp³-hybridized carbons (Fsp3) is 0.250. The van der Waals surface area contributed by atoms with E-state index in [1.807, 2.05) is 12.1 Å². The molecule has 0 unspecified atom stereocenters. The van der Waals surface area contributed by atoms with E-state index in [-0.39, 0.29) is 0 Å². The van der Waals surface area contributed by atoms with Crippen LogP contribution in [0.25, 0.3) is 33.1 Å². The number of hydrogen-bond acceptors (Lipinski definition) is 2. The predicted molar refractivity (Wildman–Crippen MR) is 116 cm³/mol. The van der Waals surface area contributed by atoms with Gasteiger partial charge in [-0.2, -0.15) is 0 Å². The monoisotopic (exact) mass is 374 g/mol. The highest BCUT2D eigenvalue weighted by Crippen LogP contribution is 2.32. The van der Waals surface area contributed by atoms with Crippen LogP contribution in [-0.4, -0.2) is 9.97 Å². The second-order valence-electron chi connectivity index (χ2n) is 6.89. The molecule has 0 bridgehead atoms. The Kier molecular flexibility index (Phi) is 4.84. The van der Waals surface area contributed by atoms with Gasteiger partial charge in [-0.25, -0.2) is 9.97 Å². The SMILES string of the molecule is CCc1cc(CC)c(-c2ccc3ccc4ccc(Cl)nc4c3n2)c(CC)c1. The van der Waals surface area contributed by atoms with Crippen LogP contribution in [0, 0.1) is 0 Å². The molecule has 2 nitrogen and oxygen atoms in total. The molecule has 0 amide bonds. The van der Waals surface area contributed by atoms with E-state index in [4.69, 9.17) is 16.6 Å². The van der Waals surface area contributed by atoms with Gasteiger partial charge in [0.05, 0.1) is 16.7 Å². The fourth-order valence-electron chi connectivity index (χ4n) is 3.81. The lowest BCUT2D eigenvalue weighted by Crippen LogP contribution is -1.99. The second-order valence-corrected chi connectivity index (χ2v) is 7.28. The summed E-state index contributed by atoms with van der Waals surface area (Å²) in [4.78, 5) is 9.62. The first kappa shape index (κ1) is 17.9. The molecular weight excluding hydrogens is 352 g/mol. The highest BCUT2D eigenvalue weighted by atomic mass is 35.5. The standard InChI is InChI=1S/C24H23ClN2/c1-4-15-13-16(5-2)22(17(6-3)14-15)20-11-9-18-7-8-19-10-12-21(25)27-24(19)23(18)26-20/h7-14H,4-6H2,1-3H3. The molecule has 0 saturated heterocycles. The van der Waals surface area contributed by atoms with Gasteiger partial charge in [0, 0.05) is 16.3 Å². The minimum Gasteiger partial charge on any atom is -0.245 e. The average molecular weight is 375 g/mol. The number of pyridine rings is 2. The summed E-state index contributed by atoms with van der Waals surface area (Å²) in [6, 6.07) is 17.0. The average Bonchev–Trinajstić information content (AvgIpc) is 2.72. The molecule has 0 fully saturated rings. The van der Waals surface area contributed by atoms with Crippen molar-refractivity contribution in [1.82, 2.24) is 9.97 Å². The van der Waals surface area contributed by atoms with Crippen molar-refractivity contribution in [1.29, 1.82) is 0 Å². The highest BCUT2D eigenvalue weighted by molar-refractivity contribution is 6.30. The molecule has 0 saturated carbocycles. The molecule has 27 heavy (non-hydrogen) atoms. The zero-order valence-electron chi connectivity index (χ0n) is 16.0. The van der Waals surface area contributed by atoms with Crippen molar-refractivity contribution in [3.05, 3.63) is 70.4 Å². The molecule has 4 rings (SSSR count). The summed E-state index contributed by atoms with van der Waals surface area (Å²) in [7, 11) is 0. The van der Waals surface area contributed by atoms with Crippen LogP contribution in [0.15, 0.2) is 48.5 Å². The summed E-state index contributed by atoms with van der Waals surface area (Å²) in [5.74, 6) is 0. The summed E-state index contributed by atoms with van der Waals surface area (Å²) in [5.41, 5.74) is 8.20. The van der Waals surface area contributed by atoms with Gasteiger partial charge in [-0.1, -0.05) is 62.7 Å². The number of hydrogen-bond donors (Lipinski definition) is 0. The van der Waals surface area contributed by atoms with Gasteiger partial charge in [0.25, 0.3) is 0 Å².